The second-order valence-corrected chi connectivity index (χ2v) is 16.0. The van der Waals surface area contributed by atoms with Crippen LogP contribution in [0.3, 0.4) is 0 Å². The molecule has 9 aromatic carbocycles. The third-order valence-electron chi connectivity index (χ3n) is 12.6. The molecular weight excluding hydrogens is 739 g/mol. The average Bonchev–Trinajstić information content (AvgIpc) is 3.85. The zero-order chi connectivity index (χ0) is 40.3. The molecule has 0 atom stereocenters. The van der Waals surface area contributed by atoms with Gasteiger partial charge < -0.3 is 9.88 Å². The minimum Gasteiger partial charge on any atom is -0.354 e. The summed E-state index contributed by atoms with van der Waals surface area (Å²) < 4.78 is 0. The van der Waals surface area contributed by atoms with Crippen molar-refractivity contribution in [3.63, 3.8) is 0 Å². The molecule has 0 spiro atoms. The number of rotatable bonds is 7. The summed E-state index contributed by atoms with van der Waals surface area (Å²) in [4.78, 5) is 11.5. The Morgan fingerprint density at radius 2 is 0.951 bits per heavy atom. The summed E-state index contributed by atoms with van der Waals surface area (Å²) in [5.41, 5.74) is 17.9. The fraction of sp³-hybridized carbons (Fsp3) is 0.0172. The van der Waals surface area contributed by atoms with Crippen LogP contribution in [0.2, 0.25) is 0 Å². The second-order valence-electron chi connectivity index (χ2n) is 16.0. The minimum atomic E-state index is -0.494. The molecule has 0 saturated heterocycles. The topological polar surface area (TPSA) is 31.9 Å². The molecule has 0 aliphatic heterocycles. The van der Waals surface area contributed by atoms with E-state index in [4.69, 9.17) is 4.98 Å². The molecule has 0 saturated carbocycles. The van der Waals surface area contributed by atoms with E-state index in [1.807, 2.05) is 0 Å². The van der Waals surface area contributed by atoms with Gasteiger partial charge in [-0.15, -0.1) is 0 Å². The standard InChI is InChI=1S/C58H39N3/c1-5-17-39(18-6-1)51-35-40-19-13-16-28-54(40)60-57(51)41-29-32-49-50-34-31-46(38-56(50)59-55(49)36-41)61(44-24-11-4-12-25-44)45-30-33-48-47-26-14-15-27-52(47)58(53(48)37-45,42-20-7-2-8-21-42)43-22-9-3-10-23-43/h1-38,59H. The molecule has 2 heterocycles. The Bertz CT molecular complexity index is 3370. The van der Waals surface area contributed by atoms with Crippen LogP contribution in [0.4, 0.5) is 17.1 Å². The molecule has 3 nitrogen and oxygen atoms in total. The van der Waals surface area contributed by atoms with Gasteiger partial charge in [0.2, 0.25) is 0 Å². The number of pyridine rings is 1. The Labute approximate surface area is 354 Å². The molecule has 0 fully saturated rings. The first kappa shape index (κ1) is 35.0. The highest BCUT2D eigenvalue weighted by molar-refractivity contribution is 6.10. The fourth-order valence-electron chi connectivity index (χ4n) is 9.95. The van der Waals surface area contributed by atoms with Gasteiger partial charge in [-0.3, -0.25) is 0 Å². The first-order valence-corrected chi connectivity index (χ1v) is 21.0. The van der Waals surface area contributed by atoms with Crippen LogP contribution in [0, 0.1) is 0 Å². The third-order valence-corrected chi connectivity index (χ3v) is 12.6. The van der Waals surface area contributed by atoms with E-state index in [2.05, 4.69) is 240 Å². The zero-order valence-electron chi connectivity index (χ0n) is 33.3. The molecule has 0 amide bonds. The van der Waals surface area contributed by atoms with Gasteiger partial charge in [-0.25, -0.2) is 4.98 Å². The highest BCUT2D eigenvalue weighted by Gasteiger charge is 2.46. The van der Waals surface area contributed by atoms with Gasteiger partial charge in [0.15, 0.2) is 0 Å². The van der Waals surface area contributed by atoms with E-state index in [9.17, 15) is 0 Å². The Balaban J connectivity index is 1.02. The summed E-state index contributed by atoms with van der Waals surface area (Å²) >= 11 is 0. The molecule has 0 unspecified atom stereocenters. The van der Waals surface area contributed by atoms with E-state index in [0.29, 0.717) is 0 Å². The number of H-pyrrole nitrogens is 1. The van der Waals surface area contributed by atoms with Gasteiger partial charge >= 0.3 is 0 Å². The van der Waals surface area contributed by atoms with Crippen LogP contribution < -0.4 is 4.90 Å². The van der Waals surface area contributed by atoms with Gasteiger partial charge in [0.25, 0.3) is 0 Å². The van der Waals surface area contributed by atoms with Gasteiger partial charge in [-0.2, -0.15) is 0 Å². The van der Waals surface area contributed by atoms with E-state index in [1.54, 1.807) is 0 Å². The molecule has 1 aliphatic carbocycles. The molecule has 61 heavy (non-hydrogen) atoms. The number of nitrogens with one attached hydrogen (secondary N) is 1. The van der Waals surface area contributed by atoms with Crippen molar-refractivity contribution in [2.75, 3.05) is 4.90 Å². The summed E-state index contributed by atoms with van der Waals surface area (Å²) in [5, 5.41) is 3.50. The van der Waals surface area contributed by atoms with Crippen molar-refractivity contribution in [3.05, 3.63) is 253 Å². The zero-order valence-corrected chi connectivity index (χ0v) is 33.3. The molecule has 1 aliphatic rings. The van der Waals surface area contributed by atoms with Crippen molar-refractivity contribution in [3.8, 4) is 33.5 Å². The molecule has 0 radical (unpaired) electrons. The number of fused-ring (bicyclic) bond motifs is 7. The Hall–Kier alpha value is -8.01. The molecular formula is C58H39N3. The first-order valence-electron chi connectivity index (χ1n) is 21.0. The van der Waals surface area contributed by atoms with Crippen LogP contribution >= 0.6 is 0 Å². The number of para-hydroxylation sites is 2. The number of aromatic nitrogens is 2. The van der Waals surface area contributed by atoms with Gasteiger partial charge in [0.05, 0.1) is 16.6 Å². The normalized spacial score (nSPS) is 12.7. The molecule has 286 valence electrons. The molecule has 11 aromatic rings. The quantitative estimate of drug-likeness (QED) is 0.175. The van der Waals surface area contributed by atoms with Crippen molar-refractivity contribution >= 4 is 49.8 Å². The lowest BCUT2D eigenvalue weighted by molar-refractivity contribution is 0.768. The van der Waals surface area contributed by atoms with E-state index >= 15 is 0 Å². The van der Waals surface area contributed by atoms with E-state index in [1.165, 1.54) is 44.2 Å². The lowest BCUT2D eigenvalue weighted by atomic mass is 9.67. The summed E-state index contributed by atoms with van der Waals surface area (Å²) in [6, 6.07) is 83.6. The van der Waals surface area contributed by atoms with Crippen molar-refractivity contribution in [1.82, 2.24) is 9.97 Å². The lowest BCUT2D eigenvalue weighted by Gasteiger charge is -2.35. The average molecular weight is 778 g/mol. The van der Waals surface area contributed by atoms with Gasteiger partial charge in [0.1, 0.15) is 0 Å². The molecule has 3 heteroatoms. The highest BCUT2D eigenvalue weighted by Crippen LogP contribution is 2.57. The number of aromatic amines is 1. The van der Waals surface area contributed by atoms with Crippen LogP contribution in [0.5, 0.6) is 0 Å². The van der Waals surface area contributed by atoms with E-state index in [-0.39, 0.29) is 0 Å². The SMILES string of the molecule is c1ccc(-c2cc3ccccc3nc2-c2ccc3c(c2)[nH]c2cc(N(c4ccccc4)c4ccc5c(c4)C(c4ccccc4)(c4ccccc4)c4ccccc4-5)ccc23)cc1. The van der Waals surface area contributed by atoms with Gasteiger partial charge in [-0.1, -0.05) is 176 Å². The van der Waals surface area contributed by atoms with E-state index < -0.39 is 5.41 Å². The van der Waals surface area contributed by atoms with Crippen molar-refractivity contribution in [1.29, 1.82) is 0 Å². The molecule has 2 aromatic heterocycles. The van der Waals surface area contributed by atoms with Gasteiger partial charge in [-0.05, 0) is 93.5 Å². The molecule has 1 N–H and O–H groups in total. The van der Waals surface area contributed by atoms with Gasteiger partial charge in [0, 0.05) is 55.4 Å². The Morgan fingerprint density at radius 1 is 0.377 bits per heavy atom. The number of hydrogen-bond donors (Lipinski definition) is 1. The largest absolute Gasteiger partial charge is 0.354 e. The van der Waals surface area contributed by atoms with Crippen LogP contribution in [0.15, 0.2) is 231 Å². The van der Waals surface area contributed by atoms with Crippen LogP contribution in [-0.2, 0) is 5.41 Å². The number of benzene rings is 9. The van der Waals surface area contributed by atoms with Crippen molar-refractivity contribution in [2.45, 2.75) is 5.41 Å². The summed E-state index contributed by atoms with van der Waals surface area (Å²) in [7, 11) is 0. The smallest absolute Gasteiger partial charge is 0.0788 e. The summed E-state index contributed by atoms with van der Waals surface area (Å²) in [6.45, 7) is 0. The predicted octanol–water partition coefficient (Wildman–Crippen LogP) is 15.0. The fourth-order valence-corrected chi connectivity index (χ4v) is 9.95. The maximum absolute atomic E-state index is 5.25. The monoisotopic (exact) mass is 777 g/mol. The first-order chi connectivity index (χ1) is 30.2. The number of nitrogens with zero attached hydrogens (tertiary/aromatic N) is 2. The second kappa shape index (κ2) is 14.1. The molecule has 0 bridgehead atoms. The Morgan fingerprint density at radius 3 is 1.70 bits per heavy atom. The van der Waals surface area contributed by atoms with Crippen molar-refractivity contribution in [2.24, 2.45) is 0 Å². The van der Waals surface area contributed by atoms with E-state index in [0.717, 1.165) is 61.4 Å². The summed E-state index contributed by atoms with van der Waals surface area (Å²) in [6.07, 6.45) is 0. The minimum absolute atomic E-state index is 0.494. The maximum atomic E-state index is 5.25. The lowest BCUT2D eigenvalue weighted by Crippen LogP contribution is -2.28. The third kappa shape index (κ3) is 5.55. The number of anilines is 3. The maximum Gasteiger partial charge on any atom is 0.0788 e. The number of hydrogen-bond acceptors (Lipinski definition) is 2. The predicted molar refractivity (Wildman–Crippen MR) is 254 cm³/mol. The van der Waals surface area contributed by atoms with Crippen molar-refractivity contribution < 1.29 is 0 Å². The summed E-state index contributed by atoms with van der Waals surface area (Å²) in [5.74, 6) is 0. The highest BCUT2D eigenvalue weighted by atomic mass is 15.1. The Kier molecular flexibility index (Phi) is 8.07. The van der Waals surface area contributed by atoms with Crippen LogP contribution in [-0.4, -0.2) is 9.97 Å². The van der Waals surface area contributed by atoms with Crippen LogP contribution in [0.25, 0.3) is 66.2 Å². The van der Waals surface area contributed by atoms with Crippen LogP contribution in [0.1, 0.15) is 22.3 Å². The molecule has 12 rings (SSSR count).